The highest BCUT2D eigenvalue weighted by Gasteiger charge is 2.14. The average Bonchev–Trinajstić information content (AvgIpc) is 2.73. The Kier molecular flexibility index (Phi) is 5.20. The zero-order chi connectivity index (χ0) is 20.2. The molecule has 2 heterocycles. The maximum absolute atomic E-state index is 12.5. The van der Waals surface area contributed by atoms with Gasteiger partial charge in [0.2, 0.25) is 5.88 Å². The molecule has 0 N–H and O–H groups in total. The zero-order valence-corrected chi connectivity index (χ0v) is 16.3. The highest BCUT2D eigenvalue weighted by Crippen LogP contribution is 2.25. The fourth-order valence-corrected chi connectivity index (χ4v) is 3.25. The first kappa shape index (κ1) is 18.6. The Balaban J connectivity index is 1.45. The van der Waals surface area contributed by atoms with E-state index >= 15 is 0 Å². The number of nitrogens with zero attached hydrogens (tertiary/aromatic N) is 2. The van der Waals surface area contributed by atoms with Crippen molar-refractivity contribution in [2.75, 3.05) is 0 Å². The van der Waals surface area contributed by atoms with E-state index in [1.165, 1.54) is 0 Å². The molecule has 0 spiro atoms. The van der Waals surface area contributed by atoms with E-state index in [0.717, 1.165) is 27.7 Å². The number of para-hydroxylation sites is 1. The highest BCUT2D eigenvalue weighted by atomic mass is 16.5. The molecule has 2 aromatic carbocycles. The van der Waals surface area contributed by atoms with Crippen LogP contribution in [0, 0.1) is 13.8 Å². The van der Waals surface area contributed by atoms with Gasteiger partial charge in [-0.1, -0.05) is 24.3 Å². The third kappa shape index (κ3) is 4.24. The lowest BCUT2D eigenvalue weighted by molar-refractivity contribution is -0.133. The van der Waals surface area contributed by atoms with Gasteiger partial charge in [-0.3, -0.25) is 9.78 Å². The van der Waals surface area contributed by atoms with Crippen LogP contribution in [0.4, 0.5) is 0 Å². The third-order valence-corrected chi connectivity index (χ3v) is 4.72. The number of rotatable bonds is 5. The molecule has 0 aliphatic rings. The van der Waals surface area contributed by atoms with Gasteiger partial charge in [-0.25, -0.2) is 4.98 Å². The highest BCUT2D eigenvalue weighted by molar-refractivity contribution is 5.85. The van der Waals surface area contributed by atoms with E-state index in [1.54, 1.807) is 36.5 Å². The van der Waals surface area contributed by atoms with E-state index in [4.69, 9.17) is 9.47 Å². The number of hydrogen-bond acceptors (Lipinski definition) is 5. The molecular weight excluding hydrogens is 364 g/mol. The molecule has 0 bridgehead atoms. The van der Waals surface area contributed by atoms with Crippen LogP contribution in [0.1, 0.15) is 16.8 Å². The van der Waals surface area contributed by atoms with Crippen molar-refractivity contribution >= 4 is 16.9 Å². The van der Waals surface area contributed by atoms with Gasteiger partial charge in [-0.2, -0.15) is 0 Å². The van der Waals surface area contributed by atoms with Gasteiger partial charge < -0.3 is 9.47 Å². The van der Waals surface area contributed by atoms with Crippen LogP contribution in [0.15, 0.2) is 72.9 Å². The summed E-state index contributed by atoms with van der Waals surface area (Å²) in [4.78, 5) is 21.2. The molecule has 0 aliphatic carbocycles. The number of hydrogen-bond donors (Lipinski definition) is 0. The summed E-state index contributed by atoms with van der Waals surface area (Å²) in [6, 6.07) is 20.3. The van der Waals surface area contributed by atoms with E-state index in [9.17, 15) is 4.79 Å². The second-order valence-corrected chi connectivity index (χ2v) is 6.71. The second-order valence-electron chi connectivity index (χ2n) is 6.71. The van der Waals surface area contributed by atoms with Gasteiger partial charge in [-0.05, 0) is 61.4 Å². The number of carbonyl (C=O) groups excluding carboxylic acids is 1. The SMILES string of the molecule is Cc1nc2ccccc2c(C)c1CC(=O)Oc1ccc(Oc2ccccn2)cc1. The fourth-order valence-electron chi connectivity index (χ4n) is 3.25. The molecule has 0 saturated heterocycles. The third-order valence-electron chi connectivity index (χ3n) is 4.72. The molecule has 4 rings (SSSR count). The summed E-state index contributed by atoms with van der Waals surface area (Å²) in [7, 11) is 0. The van der Waals surface area contributed by atoms with E-state index in [1.807, 2.05) is 50.2 Å². The number of ether oxygens (including phenoxy) is 2. The largest absolute Gasteiger partial charge is 0.439 e. The van der Waals surface area contributed by atoms with Crippen molar-refractivity contribution < 1.29 is 14.3 Å². The molecule has 4 aromatic rings. The van der Waals surface area contributed by atoms with Crippen LogP contribution in [0.3, 0.4) is 0 Å². The van der Waals surface area contributed by atoms with Gasteiger partial charge in [0.1, 0.15) is 11.5 Å². The van der Waals surface area contributed by atoms with Crippen LogP contribution >= 0.6 is 0 Å². The van der Waals surface area contributed by atoms with Gasteiger partial charge in [0.05, 0.1) is 11.9 Å². The normalized spacial score (nSPS) is 10.7. The lowest BCUT2D eigenvalue weighted by Gasteiger charge is -2.12. The van der Waals surface area contributed by atoms with E-state index in [0.29, 0.717) is 17.4 Å². The minimum absolute atomic E-state index is 0.168. The lowest BCUT2D eigenvalue weighted by atomic mass is 10.00. The molecule has 0 radical (unpaired) electrons. The van der Waals surface area contributed by atoms with Crippen molar-refractivity contribution in [3.8, 4) is 17.4 Å². The van der Waals surface area contributed by atoms with Crippen LogP contribution in [0.25, 0.3) is 10.9 Å². The van der Waals surface area contributed by atoms with Crippen molar-refractivity contribution in [1.29, 1.82) is 0 Å². The molecular formula is C24H20N2O3. The van der Waals surface area contributed by atoms with Gasteiger partial charge in [0.15, 0.2) is 0 Å². The minimum Gasteiger partial charge on any atom is -0.439 e. The maximum atomic E-state index is 12.5. The second kappa shape index (κ2) is 8.10. The Hall–Kier alpha value is -3.73. The van der Waals surface area contributed by atoms with Crippen LogP contribution < -0.4 is 9.47 Å². The Labute approximate surface area is 169 Å². The summed E-state index contributed by atoms with van der Waals surface area (Å²) < 4.78 is 11.2. The van der Waals surface area contributed by atoms with Crippen LogP contribution in [0.5, 0.6) is 17.4 Å². The summed E-state index contributed by atoms with van der Waals surface area (Å²) in [6.07, 6.45) is 1.83. The number of aryl methyl sites for hydroxylation is 2. The van der Waals surface area contributed by atoms with Crippen LogP contribution in [0.2, 0.25) is 0 Å². The molecule has 5 heteroatoms. The molecule has 0 unspecified atom stereocenters. The molecule has 0 atom stereocenters. The topological polar surface area (TPSA) is 61.3 Å². The molecule has 0 saturated carbocycles. The Morgan fingerprint density at radius 3 is 2.38 bits per heavy atom. The summed E-state index contributed by atoms with van der Waals surface area (Å²) >= 11 is 0. The van der Waals surface area contributed by atoms with Crippen molar-refractivity contribution in [2.45, 2.75) is 20.3 Å². The Morgan fingerprint density at radius 2 is 1.62 bits per heavy atom. The van der Waals surface area contributed by atoms with Crippen LogP contribution in [-0.2, 0) is 11.2 Å². The summed E-state index contributed by atoms with van der Waals surface area (Å²) in [6.45, 7) is 3.94. The van der Waals surface area contributed by atoms with Gasteiger partial charge in [0, 0.05) is 23.3 Å². The fraction of sp³-hybridized carbons (Fsp3) is 0.125. The van der Waals surface area contributed by atoms with Crippen LogP contribution in [-0.4, -0.2) is 15.9 Å². The maximum Gasteiger partial charge on any atom is 0.315 e. The van der Waals surface area contributed by atoms with Crippen molar-refractivity contribution in [1.82, 2.24) is 9.97 Å². The first-order valence-electron chi connectivity index (χ1n) is 9.34. The molecule has 0 aliphatic heterocycles. The first-order chi connectivity index (χ1) is 14.1. The number of carbonyl (C=O) groups is 1. The molecule has 144 valence electrons. The smallest absolute Gasteiger partial charge is 0.315 e. The zero-order valence-electron chi connectivity index (χ0n) is 16.3. The number of aromatic nitrogens is 2. The summed E-state index contributed by atoms with van der Waals surface area (Å²) in [5, 5.41) is 1.05. The predicted octanol–water partition coefficient (Wildman–Crippen LogP) is 5.19. The number of pyridine rings is 2. The molecule has 5 nitrogen and oxygen atoms in total. The average molecular weight is 384 g/mol. The lowest BCUT2D eigenvalue weighted by Crippen LogP contribution is -2.14. The van der Waals surface area contributed by atoms with Crippen molar-refractivity contribution in [3.63, 3.8) is 0 Å². The van der Waals surface area contributed by atoms with E-state index in [-0.39, 0.29) is 12.4 Å². The number of benzene rings is 2. The Morgan fingerprint density at radius 1 is 0.897 bits per heavy atom. The van der Waals surface area contributed by atoms with Crippen molar-refractivity contribution in [2.24, 2.45) is 0 Å². The number of fused-ring (bicyclic) bond motifs is 1. The standard InChI is InChI=1S/C24H20N2O3/c1-16-20-7-3-4-8-22(20)26-17(2)21(16)15-24(27)29-19-12-10-18(11-13-19)28-23-9-5-6-14-25-23/h3-14H,15H2,1-2H3. The van der Waals surface area contributed by atoms with Gasteiger partial charge in [-0.15, -0.1) is 0 Å². The van der Waals surface area contributed by atoms with E-state index in [2.05, 4.69) is 9.97 Å². The predicted molar refractivity (Wildman–Crippen MR) is 111 cm³/mol. The summed E-state index contributed by atoms with van der Waals surface area (Å²) in [5.41, 5.74) is 3.74. The molecule has 29 heavy (non-hydrogen) atoms. The quantitative estimate of drug-likeness (QED) is 0.350. The van der Waals surface area contributed by atoms with Crippen molar-refractivity contribution in [3.05, 3.63) is 89.7 Å². The summed E-state index contributed by atoms with van der Waals surface area (Å²) in [5.74, 6) is 1.26. The monoisotopic (exact) mass is 384 g/mol. The number of esters is 1. The van der Waals surface area contributed by atoms with Gasteiger partial charge >= 0.3 is 5.97 Å². The van der Waals surface area contributed by atoms with Gasteiger partial charge in [0.25, 0.3) is 0 Å². The molecule has 2 aromatic heterocycles. The van der Waals surface area contributed by atoms with E-state index < -0.39 is 0 Å². The first-order valence-corrected chi connectivity index (χ1v) is 9.34. The minimum atomic E-state index is -0.327. The molecule has 0 amide bonds. The Bertz CT molecular complexity index is 1160. The molecule has 0 fully saturated rings.